The van der Waals surface area contributed by atoms with Crippen molar-refractivity contribution in [1.82, 2.24) is 25.9 Å². The standard InChI is InChI=1S/C26H34N6O4/c1-16(22(33)28-15-18-11-12-19-21(14-18)31-24(27)30-19)29-23(34)20(32-25(35)36-26(2,3)4)13-10-17-8-6-5-7-9-17/h5-9,11-12,14,16,20H,10,13,15H2,1-4H3,(H,28,33)(H,29,34)(H,32,35)(H3,27,30,31)/t16-,20?/m0/s1. The van der Waals surface area contributed by atoms with Gasteiger partial charge in [0, 0.05) is 6.54 Å². The summed E-state index contributed by atoms with van der Waals surface area (Å²) >= 11 is 0. The Balaban J connectivity index is 1.58. The highest BCUT2D eigenvalue weighted by molar-refractivity contribution is 5.91. The van der Waals surface area contributed by atoms with Gasteiger partial charge in [-0.2, -0.15) is 0 Å². The van der Waals surface area contributed by atoms with Crippen LogP contribution in [0.4, 0.5) is 10.7 Å². The number of anilines is 1. The number of benzene rings is 2. The first-order valence-corrected chi connectivity index (χ1v) is 11.9. The van der Waals surface area contributed by atoms with Gasteiger partial charge in [0.2, 0.25) is 11.8 Å². The van der Waals surface area contributed by atoms with Gasteiger partial charge in [-0.3, -0.25) is 9.59 Å². The van der Waals surface area contributed by atoms with Crippen molar-refractivity contribution in [2.75, 3.05) is 5.73 Å². The van der Waals surface area contributed by atoms with Crippen molar-refractivity contribution in [3.8, 4) is 0 Å². The van der Waals surface area contributed by atoms with Crippen molar-refractivity contribution < 1.29 is 19.1 Å². The Morgan fingerprint density at radius 2 is 1.75 bits per heavy atom. The lowest BCUT2D eigenvalue weighted by molar-refractivity contribution is -0.129. The van der Waals surface area contributed by atoms with Crippen LogP contribution in [0.25, 0.3) is 11.0 Å². The molecule has 6 N–H and O–H groups in total. The largest absolute Gasteiger partial charge is 0.444 e. The first-order valence-electron chi connectivity index (χ1n) is 11.9. The van der Waals surface area contributed by atoms with Crippen LogP contribution in [0.5, 0.6) is 0 Å². The van der Waals surface area contributed by atoms with Crippen LogP contribution in [0.3, 0.4) is 0 Å². The normalized spacial score (nSPS) is 13.0. The first kappa shape index (κ1) is 26.5. The van der Waals surface area contributed by atoms with E-state index in [0.717, 1.165) is 22.2 Å². The number of nitrogen functional groups attached to an aromatic ring is 1. The minimum atomic E-state index is -0.872. The number of carbonyl (C=O) groups is 3. The maximum Gasteiger partial charge on any atom is 0.408 e. The number of rotatable bonds is 9. The number of nitrogens with two attached hydrogens (primary N) is 1. The highest BCUT2D eigenvalue weighted by atomic mass is 16.6. The van der Waals surface area contributed by atoms with E-state index in [-0.39, 0.29) is 12.5 Å². The molecule has 0 aliphatic carbocycles. The molecule has 1 heterocycles. The van der Waals surface area contributed by atoms with Crippen LogP contribution in [-0.2, 0) is 27.3 Å². The van der Waals surface area contributed by atoms with Crippen molar-refractivity contribution in [2.45, 2.75) is 64.8 Å². The quantitative estimate of drug-likeness (QED) is 0.309. The molecule has 0 saturated carbocycles. The summed E-state index contributed by atoms with van der Waals surface area (Å²) in [4.78, 5) is 45.1. The second-order valence-electron chi connectivity index (χ2n) is 9.64. The van der Waals surface area contributed by atoms with Gasteiger partial charge < -0.3 is 31.4 Å². The number of nitrogens with zero attached hydrogens (tertiary/aromatic N) is 1. The first-order chi connectivity index (χ1) is 17.0. The average Bonchev–Trinajstić information content (AvgIpc) is 3.18. The predicted octanol–water partition coefficient (Wildman–Crippen LogP) is 2.79. The van der Waals surface area contributed by atoms with Crippen molar-refractivity contribution in [3.05, 3.63) is 59.7 Å². The molecule has 1 aromatic heterocycles. The highest BCUT2D eigenvalue weighted by Crippen LogP contribution is 2.14. The van der Waals surface area contributed by atoms with Gasteiger partial charge in [0.1, 0.15) is 17.7 Å². The molecule has 1 unspecified atom stereocenters. The Labute approximate surface area is 210 Å². The Hall–Kier alpha value is -4.08. The van der Waals surface area contributed by atoms with Crippen molar-refractivity contribution >= 4 is 34.9 Å². The highest BCUT2D eigenvalue weighted by Gasteiger charge is 2.26. The number of hydrogen-bond donors (Lipinski definition) is 5. The molecule has 36 heavy (non-hydrogen) atoms. The molecule has 192 valence electrons. The van der Waals surface area contributed by atoms with E-state index >= 15 is 0 Å². The summed E-state index contributed by atoms with van der Waals surface area (Å²) in [6.07, 6.45) is 0.217. The van der Waals surface area contributed by atoms with Gasteiger partial charge in [-0.1, -0.05) is 36.4 Å². The van der Waals surface area contributed by atoms with E-state index in [1.807, 2.05) is 48.5 Å². The molecule has 0 spiro atoms. The number of aromatic amines is 1. The summed E-state index contributed by atoms with van der Waals surface area (Å²) in [6.45, 7) is 7.10. The van der Waals surface area contributed by atoms with E-state index in [0.29, 0.717) is 18.8 Å². The fraction of sp³-hybridized carbons (Fsp3) is 0.385. The van der Waals surface area contributed by atoms with Crippen LogP contribution in [0.2, 0.25) is 0 Å². The van der Waals surface area contributed by atoms with E-state index in [2.05, 4.69) is 25.9 Å². The van der Waals surface area contributed by atoms with Gasteiger partial charge >= 0.3 is 6.09 Å². The van der Waals surface area contributed by atoms with Crippen molar-refractivity contribution in [2.24, 2.45) is 0 Å². The maximum absolute atomic E-state index is 13.0. The average molecular weight is 495 g/mol. The fourth-order valence-corrected chi connectivity index (χ4v) is 3.58. The molecule has 0 aliphatic rings. The van der Waals surface area contributed by atoms with Gasteiger partial charge in [0.15, 0.2) is 5.95 Å². The summed E-state index contributed by atoms with van der Waals surface area (Å²) < 4.78 is 5.32. The third-order valence-corrected chi connectivity index (χ3v) is 5.36. The van der Waals surface area contributed by atoms with Crippen LogP contribution in [0.15, 0.2) is 48.5 Å². The lowest BCUT2D eigenvalue weighted by Gasteiger charge is -2.24. The number of imidazole rings is 1. The Morgan fingerprint density at radius 1 is 1.03 bits per heavy atom. The SMILES string of the molecule is C[C@H](NC(=O)C(CCc1ccccc1)NC(=O)OC(C)(C)C)C(=O)NCc1ccc2nc(N)[nH]c2c1. The molecule has 3 rings (SSSR count). The van der Waals surface area contributed by atoms with Crippen LogP contribution in [0.1, 0.15) is 45.2 Å². The molecule has 2 atom stereocenters. The smallest absolute Gasteiger partial charge is 0.408 e. The molecule has 3 amide bonds. The van der Waals surface area contributed by atoms with E-state index in [1.54, 1.807) is 27.7 Å². The number of carbonyl (C=O) groups excluding carboxylic acids is 3. The zero-order valence-corrected chi connectivity index (χ0v) is 21.1. The van der Waals surface area contributed by atoms with Gasteiger partial charge in [0.05, 0.1) is 11.0 Å². The topological polar surface area (TPSA) is 151 Å². The summed E-state index contributed by atoms with van der Waals surface area (Å²) in [6, 6.07) is 13.5. The molecule has 0 fully saturated rings. The molecule has 0 bridgehead atoms. The zero-order valence-electron chi connectivity index (χ0n) is 21.1. The van der Waals surface area contributed by atoms with Gasteiger partial charge in [-0.25, -0.2) is 9.78 Å². The van der Waals surface area contributed by atoms with Crippen LogP contribution in [0, 0.1) is 0 Å². The number of alkyl carbamates (subject to hydrolysis) is 1. The predicted molar refractivity (Wildman–Crippen MR) is 138 cm³/mol. The molecule has 0 saturated heterocycles. The molecule has 10 heteroatoms. The minimum absolute atomic E-state index is 0.265. The number of aromatic nitrogens is 2. The van der Waals surface area contributed by atoms with Crippen molar-refractivity contribution in [3.63, 3.8) is 0 Å². The number of ether oxygens (including phenoxy) is 1. The van der Waals surface area contributed by atoms with Crippen LogP contribution < -0.4 is 21.7 Å². The molecule has 3 aromatic rings. The number of nitrogens with one attached hydrogen (secondary N) is 4. The fourth-order valence-electron chi connectivity index (χ4n) is 3.58. The minimum Gasteiger partial charge on any atom is -0.444 e. The number of aryl methyl sites for hydroxylation is 1. The molecule has 0 aliphatic heterocycles. The molecule has 10 nitrogen and oxygen atoms in total. The second-order valence-corrected chi connectivity index (χ2v) is 9.64. The van der Waals surface area contributed by atoms with E-state index < -0.39 is 29.7 Å². The lowest BCUT2D eigenvalue weighted by Crippen LogP contribution is -2.53. The monoisotopic (exact) mass is 494 g/mol. The summed E-state index contributed by atoms with van der Waals surface area (Å²) in [5.74, 6) is -0.496. The molecular weight excluding hydrogens is 460 g/mol. The molecule has 0 radical (unpaired) electrons. The van der Waals surface area contributed by atoms with E-state index in [9.17, 15) is 14.4 Å². The lowest BCUT2D eigenvalue weighted by atomic mass is 10.0. The van der Waals surface area contributed by atoms with Crippen LogP contribution in [-0.4, -0.2) is 45.6 Å². The number of hydrogen-bond acceptors (Lipinski definition) is 6. The molecule has 2 aromatic carbocycles. The second kappa shape index (κ2) is 11.6. The third kappa shape index (κ3) is 8.00. The van der Waals surface area contributed by atoms with Gasteiger partial charge in [-0.05, 0) is 63.8 Å². The summed E-state index contributed by atoms with van der Waals surface area (Å²) in [7, 11) is 0. The van der Waals surface area contributed by atoms with Gasteiger partial charge in [0.25, 0.3) is 0 Å². The van der Waals surface area contributed by atoms with E-state index in [4.69, 9.17) is 10.5 Å². The number of amides is 3. The molecular formula is C26H34N6O4. The Morgan fingerprint density at radius 3 is 2.44 bits per heavy atom. The third-order valence-electron chi connectivity index (χ3n) is 5.36. The summed E-state index contributed by atoms with van der Waals surface area (Å²) in [5.41, 5.74) is 8.37. The van der Waals surface area contributed by atoms with Gasteiger partial charge in [-0.15, -0.1) is 0 Å². The maximum atomic E-state index is 13.0. The Kier molecular flexibility index (Phi) is 8.52. The zero-order chi connectivity index (χ0) is 26.3. The summed E-state index contributed by atoms with van der Waals surface area (Å²) in [5, 5.41) is 8.15. The van der Waals surface area contributed by atoms with E-state index in [1.165, 1.54) is 0 Å². The number of fused-ring (bicyclic) bond motifs is 1. The van der Waals surface area contributed by atoms with Crippen LogP contribution >= 0.6 is 0 Å². The number of H-pyrrole nitrogens is 1. The van der Waals surface area contributed by atoms with Crippen molar-refractivity contribution in [1.29, 1.82) is 0 Å². The Bertz CT molecular complexity index is 1200.